The lowest BCUT2D eigenvalue weighted by Crippen LogP contribution is -2.20. The molecule has 0 radical (unpaired) electrons. The zero-order valence-corrected chi connectivity index (χ0v) is 11.7. The van der Waals surface area contributed by atoms with E-state index in [0.29, 0.717) is 4.47 Å². The molecule has 18 heavy (non-hydrogen) atoms. The summed E-state index contributed by atoms with van der Waals surface area (Å²) < 4.78 is 18.8. The maximum absolute atomic E-state index is 12.9. The Kier molecular flexibility index (Phi) is 4.75. The smallest absolute Gasteiger partial charge is 0.309 e. The van der Waals surface area contributed by atoms with Gasteiger partial charge in [0.2, 0.25) is 0 Å². The molecule has 1 fully saturated rings. The Bertz CT molecular complexity index is 428. The average molecular weight is 315 g/mol. The highest BCUT2D eigenvalue weighted by Crippen LogP contribution is 2.25. The molecule has 2 nitrogen and oxygen atoms in total. The molecule has 1 aromatic rings. The highest BCUT2D eigenvalue weighted by molar-refractivity contribution is 9.10. The number of esters is 1. The number of carbonyl (C=O) groups is 1. The van der Waals surface area contributed by atoms with Gasteiger partial charge in [0.05, 0.1) is 5.92 Å². The van der Waals surface area contributed by atoms with Gasteiger partial charge in [-0.2, -0.15) is 0 Å². The molecule has 1 aromatic carbocycles. The molecule has 0 unspecified atom stereocenters. The summed E-state index contributed by atoms with van der Waals surface area (Å²) >= 11 is 3.26. The van der Waals surface area contributed by atoms with Crippen LogP contribution in [0.1, 0.15) is 37.7 Å². The van der Waals surface area contributed by atoms with E-state index in [2.05, 4.69) is 15.9 Å². The Hall–Kier alpha value is -0.900. The topological polar surface area (TPSA) is 26.3 Å². The van der Waals surface area contributed by atoms with Gasteiger partial charge >= 0.3 is 5.97 Å². The van der Waals surface area contributed by atoms with Crippen LogP contribution in [0.5, 0.6) is 0 Å². The summed E-state index contributed by atoms with van der Waals surface area (Å²) in [4.78, 5) is 11.8. The van der Waals surface area contributed by atoms with Crippen molar-refractivity contribution in [2.45, 2.75) is 38.7 Å². The molecule has 0 atom stereocenters. The van der Waals surface area contributed by atoms with Crippen LogP contribution in [-0.4, -0.2) is 5.97 Å². The largest absolute Gasteiger partial charge is 0.461 e. The third kappa shape index (κ3) is 3.55. The third-order valence-electron chi connectivity index (χ3n) is 3.32. The molecule has 0 spiro atoms. The molecule has 0 aliphatic heterocycles. The number of ether oxygens (including phenoxy) is 1. The van der Waals surface area contributed by atoms with Gasteiger partial charge in [-0.25, -0.2) is 4.39 Å². The number of benzene rings is 1. The molecule has 0 bridgehead atoms. The molecule has 0 heterocycles. The summed E-state index contributed by atoms with van der Waals surface area (Å²) in [5.74, 6) is -0.367. The van der Waals surface area contributed by atoms with E-state index in [4.69, 9.17) is 4.74 Å². The fourth-order valence-electron chi connectivity index (χ4n) is 2.24. The van der Waals surface area contributed by atoms with Crippen molar-refractivity contribution >= 4 is 21.9 Å². The predicted molar refractivity (Wildman–Crippen MR) is 70.5 cm³/mol. The fraction of sp³-hybridized carbons (Fsp3) is 0.500. The summed E-state index contributed by atoms with van der Waals surface area (Å²) in [7, 11) is 0. The number of hydrogen-bond acceptors (Lipinski definition) is 2. The first-order valence-electron chi connectivity index (χ1n) is 6.27. The van der Waals surface area contributed by atoms with Crippen molar-refractivity contribution in [2.75, 3.05) is 0 Å². The Morgan fingerprint density at radius 1 is 1.33 bits per heavy atom. The van der Waals surface area contributed by atoms with E-state index in [1.54, 1.807) is 6.07 Å². The maximum Gasteiger partial charge on any atom is 0.309 e. The van der Waals surface area contributed by atoms with E-state index in [1.165, 1.54) is 18.6 Å². The first-order chi connectivity index (χ1) is 8.66. The lowest BCUT2D eigenvalue weighted by molar-refractivity contribution is -0.151. The summed E-state index contributed by atoms with van der Waals surface area (Å²) in [6.07, 6.45) is 5.31. The maximum atomic E-state index is 12.9. The van der Waals surface area contributed by atoms with Crippen LogP contribution in [0, 0.1) is 11.7 Å². The minimum Gasteiger partial charge on any atom is -0.461 e. The first-order valence-corrected chi connectivity index (χ1v) is 7.06. The molecule has 1 aliphatic carbocycles. The minimum absolute atomic E-state index is 0.0537. The molecule has 2 rings (SSSR count). The minimum atomic E-state index is -0.302. The van der Waals surface area contributed by atoms with Gasteiger partial charge in [0, 0.05) is 10.0 Å². The van der Waals surface area contributed by atoms with E-state index < -0.39 is 0 Å². The van der Waals surface area contributed by atoms with Crippen molar-refractivity contribution in [1.29, 1.82) is 0 Å². The lowest BCUT2D eigenvalue weighted by Gasteiger charge is -2.20. The summed E-state index contributed by atoms with van der Waals surface area (Å²) in [5.41, 5.74) is 0.792. The SMILES string of the molecule is O=C(OCc1ccc(F)cc1Br)C1CCCCC1. The van der Waals surface area contributed by atoms with Crippen LogP contribution in [0.25, 0.3) is 0 Å². The molecule has 98 valence electrons. The van der Waals surface area contributed by atoms with Crippen molar-refractivity contribution in [2.24, 2.45) is 5.92 Å². The van der Waals surface area contributed by atoms with Crippen molar-refractivity contribution < 1.29 is 13.9 Å². The number of hydrogen-bond donors (Lipinski definition) is 0. The van der Waals surface area contributed by atoms with E-state index in [9.17, 15) is 9.18 Å². The fourth-order valence-corrected chi connectivity index (χ4v) is 2.71. The molecule has 0 saturated heterocycles. The molecule has 0 amide bonds. The lowest BCUT2D eigenvalue weighted by atomic mass is 9.89. The standard InChI is InChI=1S/C14H16BrFO2/c15-13-8-12(16)7-6-11(13)9-18-14(17)10-4-2-1-3-5-10/h6-8,10H,1-5,9H2. The zero-order chi connectivity index (χ0) is 13.0. The highest BCUT2D eigenvalue weighted by atomic mass is 79.9. The van der Waals surface area contributed by atoms with Crippen LogP contribution in [-0.2, 0) is 16.1 Å². The summed E-state index contributed by atoms with van der Waals surface area (Å²) in [6, 6.07) is 4.38. The Labute approximate surface area is 115 Å². The van der Waals surface area contributed by atoms with Crippen LogP contribution >= 0.6 is 15.9 Å². The molecule has 1 saturated carbocycles. The van der Waals surface area contributed by atoms with Crippen LogP contribution in [0.15, 0.2) is 22.7 Å². The second-order valence-corrected chi connectivity index (χ2v) is 5.53. The molecule has 4 heteroatoms. The molecule has 0 aromatic heterocycles. The van der Waals surface area contributed by atoms with Gasteiger partial charge in [-0.15, -0.1) is 0 Å². The van der Waals surface area contributed by atoms with E-state index >= 15 is 0 Å². The Morgan fingerprint density at radius 3 is 2.72 bits per heavy atom. The van der Waals surface area contributed by atoms with Crippen molar-refractivity contribution in [3.05, 3.63) is 34.1 Å². The van der Waals surface area contributed by atoms with Gasteiger partial charge in [-0.05, 0) is 25.0 Å². The number of rotatable bonds is 3. The first kappa shape index (κ1) is 13.5. The predicted octanol–water partition coefficient (Wildman–Crippen LogP) is 4.21. The van der Waals surface area contributed by atoms with E-state index in [1.807, 2.05) is 0 Å². The number of halogens is 2. The van der Waals surface area contributed by atoms with Gasteiger partial charge in [-0.3, -0.25) is 4.79 Å². The Morgan fingerprint density at radius 2 is 2.06 bits per heavy atom. The van der Waals surface area contributed by atoms with Gasteiger partial charge in [-0.1, -0.05) is 41.3 Å². The summed E-state index contributed by atoms with van der Waals surface area (Å²) in [5, 5.41) is 0. The second kappa shape index (κ2) is 6.32. The van der Waals surface area contributed by atoms with Gasteiger partial charge in [0.1, 0.15) is 12.4 Å². The zero-order valence-electron chi connectivity index (χ0n) is 10.1. The highest BCUT2D eigenvalue weighted by Gasteiger charge is 2.22. The Balaban J connectivity index is 1.88. The van der Waals surface area contributed by atoms with Gasteiger partial charge in [0.15, 0.2) is 0 Å². The van der Waals surface area contributed by atoms with Crippen molar-refractivity contribution in [3.8, 4) is 0 Å². The normalized spacial score (nSPS) is 16.6. The molecular formula is C14H16BrFO2. The average Bonchev–Trinajstić information content (AvgIpc) is 2.38. The van der Waals surface area contributed by atoms with Crippen LogP contribution < -0.4 is 0 Å². The second-order valence-electron chi connectivity index (χ2n) is 4.68. The number of carbonyl (C=O) groups excluding carboxylic acids is 1. The molecular weight excluding hydrogens is 299 g/mol. The summed E-state index contributed by atoms with van der Waals surface area (Å²) in [6.45, 7) is 0.205. The molecule has 0 N–H and O–H groups in total. The van der Waals surface area contributed by atoms with Crippen LogP contribution in [0.3, 0.4) is 0 Å². The monoisotopic (exact) mass is 314 g/mol. The third-order valence-corrected chi connectivity index (χ3v) is 4.06. The van der Waals surface area contributed by atoms with Crippen LogP contribution in [0.4, 0.5) is 4.39 Å². The van der Waals surface area contributed by atoms with Gasteiger partial charge < -0.3 is 4.74 Å². The van der Waals surface area contributed by atoms with E-state index in [0.717, 1.165) is 31.2 Å². The van der Waals surface area contributed by atoms with Crippen molar-refractivity contribution in [1.82, 2.24) is 0 Å². The van der Waals surface area contributed by atoms with E-state index in [-0.39, 0.29) is 24.3 Å². The quantitative estimate of drug-likeness (QED) is 0.781. The molecule has 1 aliphatic rings. The van der Waals surface area contributed by atoms with Gasteiger partial charge in [0.25, 0.3) is 0 Å². The van der Waals surface area contributed by atoms with Crippen molar-refractivity contribution in [3.63, 3.8) is 0 Å². The van der Waals surface area contributed by atoms with Crippen LogP contribution in [0.2, 0.25) is 0 Å².